The molecule has 0 radical (unpaired) electrons. The van der Waals surface area contributed by atoms with Crippen molar-refractivity contribution in [2.45, 2.75) is 84.8 Å². The lowest BCUT2D eigenvalue weighted by molar-refractivity contribution is -0.596. The Hall–Kier alpha value is -2.06. The molecule has 0 aromatic rings. The van der Waals surface area contributed by atoms with Gasteiger partial charge in [0.2, 0.25) is 11.7 Å². The number of carbonyl (C=O) groups is 5. The van der Waals surface area contributed by atoms with Crippen LogP contribution in [0.25, 0.3) is 0 Å². The molecule has 6 N–H and O–H groups in total. The van der Waals surface area contributed by atoms with Gasteiger partial charge in [-0.3, -0.25) is 29.6 Å². The molecule has 11 heteroatoms. The summed E-state index contributed by atoms with van der Waals surface area (Å²) in [5.41, 5.74) is 4.70. The lowest BCUT2D eigenvalue weighted by Crippen LogP contribution is -2.99. The molecule has 34 heavy (non-hydrogen) atoms. The molecule has 5 amide bonds. The Balaban J connectivity index is 2.31. The van der Waals surface area contributed by atoms with E-state index in [4.69, 9.17) is 5.73 Å². The summed E-state index contributed by atoms with van der Waals surface area (Å²) in [5, 5.41) is 6.56. The molecule has 0 aromatic heterocycles. The topological polar surface area (TPSA) is 155 Å². The molecule has 2 rings (SSSR count). The summed E-state index contributed by atoms with van der Waals surface area (Å²) in [4.78, 5) is 64.9. The number of hydrogen-bond acceptors (Lipinski definition) is 5. The maximum Gasteiger partial charge on any atom is 0.416 e. The highest BCUT2D eigenvalue weighted by atomic mass is 31.0. The Labute approximate surface area is 204 Å². The minimum atomic E-state index is -1.07. The number of nitrogens with one attached hydrogen (secondary N) is 2. The summed E-state index contributed by atoms with van der Waals surface area (Å²) < 4.78 is 0. The molecule has 0 aromatic carbocycles. The van der Waals surface area contributed by atoms with Crippen molar-refractivity contribution in [3.63, 3.8) is 0 Å². The second kappa shape index (κ2) is 11.6. The minimum Gasteiger partial charge on any atom is -0.363 e. The van der Waals surface area contributed by atoms with Gasteiger partial charge in [-0.1, -0.05) is 53.9 Å². The lowest BCUT2D eigenvalue weighted by Gasteiger charge is -2.35. The van der Waals surface area contributed by atoms with Crippen molar-refractivity contribution in [3.8, 4) is 0 Å². The van der Waals surface area contributed by atoms with Crippen molar-refractivity contribution in [1.29, 1.82) is 0 Å². The summed E-state index contributed by atoms with van der Waals surface area (Å²) in [5.74, 6) is -2.38. The first-order valence-electron chi connectivity index (χ1n) is 12.1. The summed E-state index contributed by atoms with van der Waals surface area (Å²) in [6.07, 6.45) is 3.95. The number of Topliss-reactive ketones (excluding diaryl/α,β-unsaturated/α-hetero) is 1. The van der Waals surface area contributed by atoms with Crippen LogP contribution in [0.5, 0.6) is 0 Å². The van der Waals surface area contributed by atoms with Crippen LogP contribution in [0.2, 0.25) is 0 Å². The fraction of sp³-hybridized carbons (Fsp3) is 0.783. The highest BCUT2D eigenvalue weighted by Crippen LogP contribution is 2.34. The van der Waals surface area contributed by atoms with Crippen LogP contribution in [0.1, 0.15) is 66.7 Å². The van der Waals surface area contributed by atoms with Crippen LogP contribution in [0.4, 0.5) is 4.79 Å². The molecular formula is C23H41N5O5P+. The molecule has 2 fully saturated rings. The number of ketones is 1. The number of hydrogen-bond donors (Lipinski definition) is 4. The molecule has 1 saturated carbocycles. The van der Waals surface area contributed by atoms with Gasteiger partial charge in [0.15, 0.2) is 6.04 Å². The zero-order valence-electron chi connectivity index (χ0n) is 20.9. The van der Waals surface area contributed by atoms with Crippen molar-refractivity contribution in [2.24, 2.45) is 28.9 Å². The van der Waals surface area contributed by atoms with Crippen molar-refractivity contribution in [2.75, 3.05) is 6.54 Å². The van der Waals surface area contributed by atoms with Gasteiger partial charge in [0.1, 0.15) is 6.04 Å². The average Bonchev–Trinajstić information content (AvgIpc) is 3.17. The number of nitrogens with two attached hydrogens (primary N) is 2. The maximum absolute atomic E-state index is 13.7. The summed E-state index contributed by atoms with van der Waals surface area (Å²) >= 11 is 0. The van der Waals surface area contributed by atoms with Crippen LogP contribution in [0.3, 0.4) is 0 Å². The van der Waals surface area contributed by atoms with Crippen molar-refractivity contribution in [3.05, 3.63) is 0 Å². The summed E-state index contributed by atoms with van der Waals surface area (Å²) in [7, 11) is 2.12. The first kappa shape index (κ1) is 28.2. The molecule has 2 aliphatic rings. The normalized spacial score (nSPS) is 22.6. The predicted molar refractivity (Wildman–Crippen MR) is 130 cm³/mol. The molecule has 1 aliphatic heterocycles. The third kappa shape index (κ3) is 6.75. The van der Waals surface area contributed by atoms with Crippen LogP contribution in [0, 0.1) is 23.2 Å². The molecule has 0 bridgehead atoms. The number of amides is 5. The zero-order chi connectivity index (χ0) is 25.8. The lowest BCUT2D eigenvalue weighted by atomic mass is 9.80. The average molecular weight is 499 g/mol. The smallest absolute Gasteiger partial charge is 0.363 e. The first-order chi connectivity index (χ1) is 15.8. The standard InChI is InChI=1S/C23H40N5O5P/c1-12(2)14-9-10-28(21(32)18(23(3,4)5)26-22(33)27-34)16(14)20(31)25-15(17(29)19(24)30)11-13-7-6-8-13/h12-16,18H,6-11,34H2,1-5H3,(H2,24,30)(H,25,31)(H2,26,27,33)/p+1/t14-,15?,16+,18-/m1/s1. The second-order valence-electron chi connectivity index (χ2n) is 11.0. The van der Waals surface area contributed by atoms with Crippen LogP contribution in [0.15, 0.2) is 0 Å². The summed E-state index contributed by atoms with van der Waals surface area (Å²) in [6, 6.07) is -2.93. The monoisotopic (exact) mass is 498 g/mol. The van der Waals surface area contributed by atoms with E-state index in [0.717, 1.165) is 19.3 Å². The van der Waals surface area contributed by atoms with Crippen molar-refractivity contribution < 1.29 is 29.3 Å². The van der Waals surface area contributed by atoms with E-state index in [-0.39, 0.29) is 23.7 Å². The summed E-state index contributed by atoms with van der Waals surface area (Å²) in [6.45, 7) is 9.97. The third-order valence-corrected chi connectivity index (χ3v) is 7.47. The van der Waals surface area contributed by atoms with Gasteiger partial charge < -0.3 is 16.0 Å². The largest absolute Gasteiger partial charge is 0.416 e. The molecule has 5 atom stereocenters. The van der Waals surface area contributed by atoms with E-state index in [0.29, 0.717) is 19.4 Å². The van der Waals surface area contributed by atoms with E-state index >= 15 is 0 Å². The van der Waals surface area contributed by atoms with Gasteiger partial charge in [-0.15, -0.1) is 0 Å². The maximum atomic E-state index is 13.7. The van der Waals surface area contributed by atoms with E-state index in [1.54, 1.807) is 0 Å². The van der Waals surface area contributed by atoms with E-state index in [2.05, 4.69) is 19.8 Å². The number of nitrogens with zero attached hydrogens (tertiary/aromatic N) is 1. The second-order valence-corrected chi connectivity index (χ2v) is 11.3. The van der Waals surface area contributed by atoms with Gasteiger partial charge in [-0.05, 0) is 40.0 Å². The molecule has 1 aliphatic carbocycles. The Bertz CT molecular complexity index is 808. The highest BCUT2D eigenvalue weighted by Gasteiger charge is 2.49. The molecule has 10 nitrogen and oxygen atoms in total. The van der Waals surface area contributed by atoms with Crippen molar-refractivity contribution in [1.82, 2.24) is 15.3 Å². The Morgan fingerprint density at radius 2 is 1.74 bits per heavy atom. The number of quaternary nitrogens is 1. The van der Waals surface area contributed by atoms with Crippen LogP contribution < -0.4 is 21.5 Å². The van der Waals surface area contributed by atoms with Crippen LogP contribution in [-0.4, -0.2) is 59.1 Å². The molecule has 2 unspecified atom stereocenters. The van der Waals surface area contributed by atoms with Gasteiger partial charge in [0, 0.05) is 12.0 Å². The first-order valence-corrected chi connectivity index (χ1v) is 12.7. The number of primary amides is 2. The molecule has 0 spiro atoms. The Morgan fingerprint density at radius 3 is 2.18 bits per heavy atom. The Morgan fingerprint density at radius 1 is 1.12 bits per heavy atom. The van der Waals surface area contributed by atoms with Gasteiger partial charge >= 0.3 is 6.03 Å². The van der Waals surface area contributed by atoms with Gasteiger partial charge in [0.25, 0.3) is 11.8 Å². The zero-order valence-corrected chi connectivity index (χ0v) is 22.1. The van der Waals surface area contributed by atoms with Gasteiger partial charge in [-0.2, -0.15) is 0 Å². The van der Waals surface area contributed by atoms with Crippen LogP contribution >= 0.6 is 9.39 Å². The third-order valence-electron chi connectivity index (χ3n) is 7.18. The van der Waals surface area contributed by atoms with E-state index in [1.165, 1.54) is 10.2 Å². The SMILES string of the molecule is CC(C)[C@H]1CCN(C(=O)[C@@H]([NH2+]C(=O)NP)C(C)(C)C)[C@@H]1C(=O)NC(CC1CCC1)C(=O)C(N)=O. The molecule has 192 valence electrons. The molecular weight excluding hydrogens is 457 g/mol. The highest BCUT2D eigenvalue weighted by molar-refractivity contribution is 7.15. The van der Waals surface area contributed by atoms with Crippen LogP contribution in [-0.2, 0) is 19.2 Å². The molecule has 1 heterocycles. The van der Waals surface area contributed by atoms with E-state index in [1.807, 2.05) is 34.6 Å². The number of urea groups is 1. The quantitative estimate of drug-likeness (QED) is 0.261. The van der Waals surface area contributed by atoms with Crippen molar-refractivity contribution >= 4 is 38.9 Å². The fourth-order valence-electron chi connectivity index (χ4n) is 4.89. The van der Waals surface area contributed by atoms with E-state index in [9.17, 15) is 24.0 Å². The molecule has 1 saturated heterocycles. The van der Waals surface area contributed by atoms with E-state index < -0.39 is 47.2 Å². The number of likely N-dealkylation sites (tertiary alicyclic amines) is 1. The minimum absolute atomic E-state index is 0.109. The Kier molecular flexibility index (Phi) is 9.60. The fourth-order valence-corrected chi connectivity index (χ4v) is 4.99. The number of rotatable bonds is 9. The van der Waals surface area contributed by atoms with Gasteiger partial charge in [0.05, 0.1) is 6.04 Å². The number of carbonyl (C=O) groups excluding carboxylic acids is 5. The van der Waals surface area contributed by atoms with Gasteiger partial charge in [-0.25, -0.2) is 4.79 Å². The predicted octanol–water partition coefficient (Wildman–Crippen LogP) is 0.0667.